The quantitative estimate of drug-likeness (QED) is 0.310. The van der Waals surface area contributed by atoms with Crippen LogP contribution in [0.5, 0.6) is 0 Å². The summed E-state index contributed by atoms with van der Waals surface area (Å²) in [5.41, 5.74) is 2.03. The molecular weight excluding hydrogens is 364 g/mol. The van der Waals surface area contributed by atoms with E-state index in [0.717, 1.165) is 20.9 Å². The third-order valence-electron chi connectivity index (χ3n) is 3.95. The molecule has 3 heterocycles. The second-order valence-corrected chi connectivity index (χ2v) is 7.99. The highest BCUT2D eigenvalue weighted by Crippen LogP contribution is 2.33. The van der Waals surface area contributed by atoms with Crippen molar-refractivity contribution in [2.75, 3.05) is 0 Å². The number of aromatic nitrogens is 3. The molecule has 128 valence electrons. The summed E-state index contributed by atoms with van der Waals surface area (Å²) < 4.78 is 2.95. The van der Waals surface area contributed by atoms with Gasteiger partial charge in [-0.25, -0.2) is 9.97 Å². The number of para-hydroxylation sites is 1. The van der Waals surface area contributed by atoms with Crippen LogP contribution in [-0.4, -0.2) is 24.7 Å². The van der Waals surface area contributed by atoms with Crippen LogP contribution in [0.25, 0.3) is 21.3 Å². The summed E-state index contributed by atoms with van der Waals surface area (Å²) in [5, 5.41) is 21.3. The molecule has 0 aliphatic rings. The summed E-state index contributed by atoms with van der Waals surface area (Å²) >= 11 is 2.81. The van der Waals surface area contributed by atoms with Gasteiger partial charge in [0, 0.05) is 6.20 Å². The molecule has 0 unspecified atom stereocenters. The second kappa shape index (κ2) is 6.83. The second-order valence-electron chi connectivity index (χ2n) is 5.66. The highest BCUT2D eigenvalue weighted by atomic mass is 32.2. The van der Waals surface area contributed by atoms with Crippen molar-refractivity contribution in [1.82, 2.24) is 14.4 Å². The fourth-order valence-electron chi connectivity index (χ4n) is 2.62. The number of imidazole rings is 1. The first-order chi connectivity index (χ1) is 12.7. The molecule has 0 saturated carbocycles. The van der Waals surface area contributed by atoms with E-state index < -0.39 is 0 Å². The van der Waals surface area contributed by atoms with E-state index in [9.17, 15) is 10.4 Å². The van der Waals surface area contributed by atoms with Crippen LogP contribution in [0.1, 0.15) is 11.9 Å². The summed E-state index contributed by atoms with van der Waals surface area (Å²) in [7, 11) is 0. The number of hydrogen-bond donors (Lipinski definition) is 1. The lowest BCUT2D eigenvalue weighted by Gasteiger charge is -2.11. The number of pyridine rings is 1. The minimum atomic E-state index is -0.331. The zero-order valence-electron chi connectivity index (χ0n) is 13.8. The van der Waals surface area contributed by atoms with Gasteiger partial charge in [-0.1, -0.05) is 30.0 Å². The lowest BCUT2D eigenvalue weighted by molar-refractivity contribution is 0.402. The monoisotopic (exact) mass is 378 g/mol. The van der Waals surface area contributed by atoms with E-state index in [1.807, 2.05) is 60.0 Å². The topological polar surface area (TPSA) is 74.2 Å². The Morgan fingerprint density at radius 2 is 2.08 bits per heavy atom. The van der Waals surface area contributed by atoms with Gasteiger partial charge in [0.25, 0.3) is 0 Å². The molecule has 7 heteroatoms. The minimum absolute atomic E-state index is 0.0178. The van der Waals surface area contributed by atoms with E-state index in [2.05, 4.69) is 16.0 Å². The Morgan fingerprint density at radius 3 is 2.88 bits per heavy atom. The Bertz CT molecular complexity index is 1140. The van der Waals surface area contributed by atoms with Gasteiger partial charge in [-0.15, -0.1) is 11.3 Å². The highest BCUT2D eigenvalue weighted by molar-refractivity contribution is 7.99. The molecule has 5 nitrogen and oxygen atoms in total. The average Bonchev–Trinajstić information content (AvgIpc) is 3.26. The largest absolute Gasteiger partial charge is 0.510 e. The van der Waals surface area contributed by atoms with Crippen LogP contribution in [0.15, 0.2) is 65.8 Å². The lowest BCUT2D eigenvalue weighted by Crippen LogP contribution is -2.05. The smallest absolute Gasteiger partial charge is 0.173 e. The van der Waals surface area contributed by atoms with Crippen molar-refractivity contribution >= 4 is 44.4 Å². The Hall–Kier alpha value is -2.82. The van der Waals surface area contributed by atoms with E-state index in [0.29, 0.717) is 5.01 Å². The standard InChI is InChI=1S/C19H14N4OS2/c1-12(25-19-21-11-13-6-4-5-9-23(13)19)17(24)14(10-20)18-22-15-7-2-3-8-16(15)26-18/h2-9,11-12,24H,1H3/t12-/m1/s1. The van der Waals surface area contributed by atoms with Crippen LogP contribution >= 0.6 is 23.1 Å². The number of nitriles is 1. The maximum atomic E-state index is 10.7. The number of nitrogens with zero attached hydrogens (tertiary/aromatic N) is 4. The fourth-order valence-corrected chi connectivity index (χ4v) is 4.53. The Labute approximate surface area is 158 Å². The van der Waals surface area contributed by atoms with Gasteiger partial charge in [0.2, 0.25) is 0 Å². The molecule has 3 aromatic heterocycles. The molecule has 4 aromatic rings. The van der Waals surface area contributed by atoms with Gasteiger partial charge in [0.15, 0.2) is 5.16 Å². The van der Waals surface area contributed by atoms with Crippen molar-refractivity contribution < 1.29 is 5.11 Å². The summed E-state index contributed by atoms with van der Waals surface area (Å²) in [6, 6.07) is 15.7. The van der Waals surface area contributed by atoms with E-state index in [-0.39, 0.29) is 16.6 Å². The number of fused-ring (bicyclic) bond motifs is 2. The molecule has 0 spiro atoms. The number of aliphatic hydroxyl groups is 1. The highest BCUT2D eigenvalue weighted by Gasteiger charge is 2.20. The van der Waals surface area contributed by atoms with E-state index in [4.69, 9.17) is 0 Å². The average molecular weight is 378 g/mol. The molecular formula is C19H14N4OS2. The molecule has 0 bridgehead atoms. The summed E-state index contributed by atoms with van der Waals surface area (Å²) in [4.78, 5) is 8.89. The zero-order valence-corrected chi connectivity index (χ0v) is 15.5. The molecule has 0 aliphatic heterocycles. The van der Waals surface area contributed by atoms with Gasteiger partial charge < -0.3 is 5.11 Å². The third kappa shape index (κ3) is 2.94. The maximum Gasteiger partial charge on any atom is 0.173 e. The van der Waals surface area contributed by atoms with Crippen LogP contribution in [0.2, 0.25) is 0 Å². The SMILES string of the molecule is C[C@@H](Sc1ncc2ccccn12)C(O)=C(C#N)c1nc2ccccc2s1. The molecule has 1 N–H and O–H groups in total. The van der Waals surface area contributed by atoms with Gasteiger partial charge in [0.05, 0.1) is 27.2 Å². The maximum absolute atomic E-state index is 10.7. The summed E-state index contributed by atoms with van der Waals surface area (Å²) in [5.74, 6) is 0.0178. The first-order valence-corrected chi connectivity index (χ1v) is 9.65. The van der Waals surface area contributed by atoms with Crippen LogP contribution in [-0.2, 0) is 0 Å². The molecule has 0 saturated heterocycles. The number of thiazole rings is 1. The lowest BCUT2D eigenvalue weighted by atomic mass is 10.2. The normalized spacial score (nSPS) is 13.5. The van der Waals surface area contributed by atoms with Crippen molar-refractivity contribution in [2.24, 2.45) is 0 Å². The predicted molar refractivity (Wildman–Crippen MR) is 105 cm³/mol. The van der Waals surface area contributed by atoms with Crippen molar-refractivity contribution in [1.29, 1.82) is 5.26 Å². The zero-order chi connectivity index (χ0) is 18.1. The van der Waals surface area contributed by atoms with Gasteiger partial charge in [-0.05, 0) is 31.2 Å². The summed E-state index contributed by atoms with van der Waals surface area (Å²) in [6.07, 6.45) is 3.71. The fraction of sp³-hybridized carbons (Fsp3) is 0.105. The molecule has 0 aliphatic carbocycles. The van der Waals surface area contributed by atoms with Crippen LogP contribution in [0.3, 0.4) is 0 Å². The number of hydrogen-bond acceptors (Lipinski definition) is 6. The minimum Gasteiger partial charge on any atom is -0.510 e. The third-order valence-corrected chi connectivity index (χ3v) is 6.09. The van der Waals surface area contributed by atoms with Gasteiger partial charge in [0.1, 0.15) is 22.4 Å². The Kier molecular flexibility index (Phi) is 4.37. The number of allylic oxidation sites excluding steroid dienone is 1. The van der Waals surface area contributed by atoms with E-state index in [1.54, 1.807) is 6.20 Å². The van der Waals surface area contributed by atoms with Crippen LogP contribution < -0.4 is 0 Å². The van der Waals surface area contributed by atoms with E-state index >= 15 is 0 Å². The van der Waals surface area contributed by atoms with Crippen molar-refractivity contribution in [2.45, 2.75) is 17.3 Å². The predicted octanol–water partition coefficient (Wildman–Crippen LogP) is 4.92. The number of rotatable bonds is 4. The molecule has 26 heavy (non-hydrogen) atoms. The molecule has 0 radical (unpaired) electrons. The first-order valence-electron chi connectivity index (χ1n) is 7.95. The molecule has 0 amide bonds. The first kappa shape index (κ1) is 16.6. The molecule has 1 aromatic carbocycles. The van der Waals surface area contributed by atoms with Gasteiger partial charge >= 0.3 is 0 Å². The van der Waals surface area contributed by atoms with Crippen LogP contribution in [0, 0.1) is 11.3 Å². The Balaban J connectivity index is 1.68. The summed E-state index contributed by atoms with van der Waals surface area (Å²) in [6.45, 7) is 1.86. The number of aliphatic hydroxyl groups excluding tert-OH is 1. The van der Waals surface area contributed by atoms with Crippen molar-refractivity contribution in [3.8, 4) is 6.07 Å². The number of thioether (sulfide) groups is 1. The molecule has 4 rings (SSSR count). The van der Waals surface area contributed by atoms with Gasteiger partial charge in [-0.2, -0.15) is 5.26 Å². The van der Waals surface area contributed by atoms with Crippen LogP contribution in [0.4, 0.5) is 0 Å². The molecule has 0 fully saturated rings. The number of benzene rings is 1. The van der Waals surface area contributed by atoms with Crippen molar-refractivity contribution in [3.63, 3.8) is 0 Å². The van der Waals surface area contributed by atoms with E-state index in [1.165, 1.54) is 23.1 Å². The Morgan fingerprint density at radius 1 is 1.27 bits per heavy atom. The van der Waals surface area contributed by atoms with Gasteiger partial charge in [-0.3, -0.25) is 4.40 Å². The van der Waals surface area contributed by atoms with Crippen molar-refractivity contribution in [3.05, 3.63) is 65.6 Å². The molecule has 1 atom stereocenters.